The van der Waals surface area contributed by atoms with E-state index in [-0.39, 0.29) is 17.4 Å². The van der Waals surface area contributed by atoms with Crippen LogP contribution in [0.3, 0.4) is 0 Å². The Kier molecular flexibility index (Phi) is 5.77. The van der Waals surface area contributed by atoms with Crippen molar-refractivity contribution in [2.45, 2.75) is 51.5 Å². The molecule has 5 heterocycles. The minimum Gasteiger partial charge on any atom is -0.481 e. The van der Waals surface area contributed by atoms with Crippen LogP contribution in [-0.2, 0) is 11.2 Å². The van der Waals surface area contributed by atoms with Crippen molar-refractivity contribution >= 4 is 17.4 Å². The maximum Gasteiger partial charge on any atom is 0.230 e. The standard InChI is InChI=1S/C28H30FN7O2/c1-16(19-12-24(38-3)32-15-22(19)29)27(37)35-10-7-28(13-23(28)35)6-5-18-11-20(17(2)34-25(18)30)21-14-33-36-9-4-8-31-26(21)36/h4,8-9,11-12,14-16,23H,5-7,10,13H2,1-3H3,(H2,30,34)/t16-,23?,28-/m1/s1. The summed E-state index contributed by atoms with van der Waals surface area (Å²) in [5.41, 5.74) is 11.2. The number of pyridine rings is 2. The molecule has 9 nitrogen and oxygen atoms in total. The molecule has 1 aliphatic heterocycles. The van der Waals surface area contributed by atoms with Crippen LogP contribution in [0.15, 0.2) is 43.0 Å². The van der Waals surface area contributed by atoms with E-state index in [1.807, 2.05) is 30.3 Å². The molecule has 0 aromatic carbocycles. The zero-order chi connectivity index (χ0) is 26.6. The third kappa shape index (κ3) is 3.95. The summed E-state index contributed by atoms with van der Waals surface area (Å²) in [4.78, 5) is 28.3. The zero-order valence-electron chi connectivity index (χ0n) is 21.7. The Balaban J connectivity index is 1.18. The highest BCUT2D eigenvalue weighted by Gasteiger charge is 2.61. The van der Waals surface area contributed by atoms with Crippen molar-refractivity contribution in [3.63, 3.8) is 0 Å². The number of carbonyl (C=O) groups is 1. The molecule has 0 spiro atoms. The number of halogens is 1. The number of anilines is 1. The number of piperidine rings is 1. The van der Waals surface area contributed by atoms with Crippen molar-refractivity contribution in [3.05, 3.63) is 65.6 Å². The summed E-state index contributed by atoms with van der Waals surface area (Å²) in [6.07, 6.45) is 10.1. The van der Waals surface area contributed by atoms with Crippen LogP contribution in [0.2, 0.25) is 0 Å². The average Bonchev–Trinajstić information content (AvgIpc) is 3.28. The van der Waals surface area contributed by atoms with Crippen LogP contribution >= 0.6 is 0 Å². The fourth-order valence-electron chi connectivity index (χ4n) is 5.99. The predicted octanol–water partition coefficient (Wildman–Crippen LogP) is 3.95. The average molecular weight is 516 g/mol. The largest absolute Gasteiger partial charge is 0.481 e. The van der Waals surface area contributed by atoms with Gasteiger partial charge >= 0.3 is 0 Å². The zero-order valence-corrected chi connectivity index (χ0v) is 21.7. The molecule has 1 aliphatic carbocycles. The van der Waals surface area contributed by atoms with Crippen LogP contribution in [0.5, 0.6) is 5.88 Å². The van der Waals surface area contributed by atoms with Crippen molar-refractivity contribution in [3.8, 4) is 17.0 Å². The van der Waals surface area contributed by atoms with Gasteiger partial charge in [-0.15, -0.1) is 0 Å². The fraction of sp³-hybridized carbons (Fsp3) is 0.393. The van der Waals surface area contributed by atoms with Gasteiger partial charge in [-0.1, -0.05) is 0 Å². The number of fused-ring (bicyclic) bond motifs is 2. The van der Waals surface area contributed by atoms with Gasteiger partial charge in [0.25, 0.3) is 0 Å². The molecule has 38 heavy (non-hydrogen) atoms. The lowest BCUT2D eigenvalue weighted by Crippen LogP contribution is -2.34. The highest BCUT2D eigenvalue weighted by Crippen LogP contribution is 2.60. The van der Waals surface area contributed by atoms with Gasteiger partial charge in [-0.3, -0.25) is 4.79 Å². The van der Waals surface area contributed by atoms with Gasteiger partial charge in [0.05, 0.1) is 25.4 Å². The molecule has 2 N–H and O–H groups in total. The quantitative estimate of drug-likeness (QED) is 0.397. The lowest BCUT2D eigenvalue weighted by Gasteiger charge is -2.23. The van der Waals surface area contributed by atoms with Gasteiger partial charge in [0, 0.05) is 53.4 Å². The SMILES string of the molecule is COc1cc([C@@H](C)C(=O)N2CC[C@]3(CCc4cc(-c5cnn6cccnc56)c(C)nc4N)CC23)c(F)cn1. The Morgan fingerprint density at radius 3 is 2.92 bits per heavy atom. The lowest BCUT2D eigenvalue weighted by molar-refractivity contribution is -0.132. The molecular weight excluding hydrogens is 485 g/mol. The van der Waals surface area contributed by atoms with Crippen molar-refractivity contribution in [2.24, 2.45) is 5.41 Å². The molecular formula is C28H30FN7O2. The summed E-state index contributed by atoms with van der Waals surface area (Å²) in [6.45, 7) is 4.37. The normalized spacial score (nSPS) is 20.9. The van der Waals surface area contributed by atoms with Crippen molar-refractivity contribution in [1.29, 1.82) is 0 Å². The van der Waals surface area contributed by atoms with Crippen molar-refractivity contribution in [2.75, 3.05) is 19.4 Å². The van der Waals surface area contributed by atoms with Gasteiger partial charge < -0.3 is 15.4 Å². The molecule has 4 aromatic heterocycles. The van der Waals surface area contributed by atoms with Crippen LogP contribution in [0, 0.1) is 18.2 Å². The topological polar surface area (TPSA) is 112 Å². The van der Waals surface area contributed by atoms with Crippen LogP contribution in [0.1, 0.15) is 48.9 Å². The number of nitrogens with two attached hydrogens (primary N) is 1. The highest BCUT2D eigenvalue weighted by molar-refractivity contribution is 5.84. The number of nitrogens with zero attached hydrogens (tertiary/aromatic N) is 6. The number of aryl methyl sites for hydroxylation is 2. The van der Waals surface area contributed by atoms with E-state index >= 15 is 0 Å². The van der Waals surface area contributed by atoms with Crippen LogP contribution < -0.4 is 10.5 Å². The number of carbonyl (C=O) groups excluding carboxylic acids is 1. The number of ether oxygens (including phenoxy) is 1. The van der Waals surface area contributed by atoms with Gasteiger partial charge in [0.15, 0.2) is 5.65 Å². The first-order valence-electron chi connectivity index (χ1n) is 12.9. The molecule has 2 fully saturated rings. The van der Waals surface area contributed by atoms with Crippen LogP contribution in [0.4, 0.5) is 10.2 Å². The van der Waals surface area contributed by atoms with Gasteiger partial charge in [0.1, 0.15) is 11.6 Å². The monoisotopic (exact) mass is 515 g/mol. The predicted molar refractivity (Wildman–Crippen MR) is 140 cm³/mol. The summed E-state index contributed by atoms with van der Waals surface area (Å²) in [6, 6.07) is 5.64. The van der Waals surface area contributed by atoms with E-state index in [1.165, 1.54) is 13.2 Å². The smallest absolute Gasteiger partial charge is 0.230 e. The number of rotatable bonds is 7. The molecule has 10 heteroatoms. The van der Waals surface area contributed by atoms with E-state index in [9.17, 15) is 9.18 Å². The fourth-order valence-corrected chi connectivity index (χ4v) is 5.99. The third-order valence-electron chi connectivity index (χ3n) is 8.35. The molecule has 196 valence electrons. The molecule has 3 atom stereocenters. The first-order chi connectivity index (χ1) is 18.3. The number of aromatic nitrogens is 5. The molecule has 6 rings (SSSR count). The second-order valence-electron chi connectivity index (χ2n) is 10.4. The summed E-state index contributed by atoms with van der Waals surface area (Å²) in [7, 11) is 1.48. The third-order valence-corrected chi connectivity index (χ3v) is 8.35. The Hall–Kier alpha value is -4.08. The molecule has 1 saturated heterocycles. The van der Waals surface area contributed by atoms with E-state index in [1.54, 1.807) is 17.6 Å². The molecule has 0 radical (unpaired) electrons. The van der Waals surface area contributed by atoms with Gasteiger partial charge in [0.2, 0.25) is 11.8 Å². The number of likely N-dealkylation sites (tertiary alicyclic amines) is 1. The van der Waals surface area contributed by atoms with Gasteiger partial charge in [-0.25, -0.2) is 23.9 Å². The summed E-state index contributed by atoms with van der Waals surface area (Å²) < 4.78 is 21.3. The Morgan fingerprint density at radius 1 is 1.29 bits per heavy atom. The van der Waals surface area contributed by atoms with E-state index in [0.29, 0.717) is 23.8 Å². The Labute approximate surface area is 219 Å². The number of amides is 1. The highest BCUT2D eigenvalue weighted by atomic mass is 19.1. The molecule has 1 amide bonds. The van der Waals surface area contributed by atoms with Gasteiger partial charge in [-0.2, -0.15) is 5.10 Å². The van der Waals surface area contributed by atoms with E-state index in [4.69, 9.17) is 10.5 Å². The van der Waals surface area contributed by atoms with E-state index < -0.39 is 11.7 Å². The summed E-state index contributed by atoms with van der Waals surface area (Å²) >= 11 is 0. The first kappa shape index (κ1) is 24.3. The minimum absolute atomic E-state index is 0.0547. The number of nitrogen functional groups attached to an aromatic ring is 1. The molecule has 2 aliphatic rings. The molecule has 4 aromatic rings. The number of hydrogen-bond donors (Lipinski definition) is 1. The summed E-state index contributed by atoms with van der Waals surface area (Å²) in [5.74, 6) is -0.326. The minimum atomic E-state index is -0.609. The van der Waals surface area contributed by atoms with Crippen molar-refractivity contribution < 1.29 is 13.9 Å². The molecule has 1 unspecified atom stereocenters. The van der Waals surface area contributed by atoms with Crippen LogP contribution in [0.25, 0.3) is 16.8 Å². The second kappa shape index (κ2) is 9.04. The number of hydrogen-bond acceptors (Lipinski definition) is 7. The van der Waals surface area contributed by atoms with E-state index in [2.05, 4.69) is 26.1 Å². The van der Waals surface area contributed by atoms with Gasteiger partial charge in [-0.05, 0) is 62.6 Å². The first-order valence-corrected chi connectivity index (χ1v) is 12.9. The maximum atomic E-state index is 14.5. The Morgan fingerprint density at radius 2 is 2.13 bits per heavy atom. The maximum absolute atomic E-state index is 14.5. The molecule has 0 bridgehead atoms. The lowest BCUT2D eigenvalue weighted by atomic mass is 9.93. The summed E-state index contributed by atoms with van der Waals surface area (Å²) in [5, 5.41) is 4.41. The van der Waals surface area contributed by atoms with E-state index in [0.717, 1.165) is 59.9 Å². The van der Waals surface area contributed by atoms with Crippen molar-refractivity contribution in [1.82, 2.24) is 29.5 Å². The van der Waals surface area contributed by atoms with Crippen LogP contribution in [-0.4, -0.2) is 55.1 Å². The second-order valence-corrected chi connectivity index (χ2v) is 10.4. The molecule has 1 saturated carbocycles. The Bertz CT molecular complexity index is 1550. The number of methoxy groups -OCH3 is 1.